The molecule has 4 heteroatoms. The van der Waals surface area contributed by atoms with Crippen molar-refractivity contribution >= 4 is 16.6 Å². The zero-order valence-corrected chi connectivity index (χ0v) is 11.0. The molecule has 0 saturated carbocycles. The van der Waals surface area contributed by atoms with E-state index < -0.39 is 0 Å². The lowest BCUT2D eigenvalue weighted by molar-refractivity contribution is 0.629. The van der Waals surface area contributed by atoms with Gasteiger partial charge in [0, 0.05) is 43.8 Å². The van der Waals surface area contributed by atoms with Gasteiger partial charge in [0.05, 0.1) is 5.52 Å². The van der Waals surface area contributed by atoms with Crippen LogP contribution in [0, 0.1) is 5.82 Å². The Morgan fingerprint density at radius 2 is 2.06 bits per heavy atom. The Morgan fingerprint density at radius 3 is 2.72 bits per heavy atom. The van der Waals surface area contributed by atoms with Gasteiger partial charge in [0.1, 0.15) is 5.82 Å². The number of hydrogen-bond donors (Lipinski definition) is 1. The fourth-order valence-electron chi connectivity index (χ4n) is 1.98. The van der Waals surface area contributed by atoms with Crippen LogP contribution in [0.15, 0.2) is 24.3 Å². The number of rotatable bonds is 4. The topological polar surface area (TPSA) is 28.2 Å². The highest BCUT2D eigenvalue weighted by Gasteiger charge is 2.08. The summed E-state index contributed by atoms with van der Waals surface area (Å²) in [5, 5.41) is 3.96. The van der Waals surface area contributed by atoms with Gasteiger partial charge in [0.15, 0.2) is 0 Å². The number of nitrogens with one attached hydrogen (secondary N) is 1. The van der Waals surface area contributed by atoms with E-state index in [0.717, 1.165) is 35.2 Å². The van der Waals surface area contributed by atoms with Crippen molar-refractivity contribution in [2.75, 3.05) is 32.6 Å². The molecule has 1 aromatic carbocycles. The van der Waals surface area contributed by atoms with Crippen molar-refractivity contribution in [2.45, 2.75) is 6.42 Å². The maximum atomic E-state index is 13.3. The molecule has 1 N–H and O–H groups in total. The second-order valence-corrected chi connectivity index (χ2v) is 4.54. The summed E-state index contributed by atoms with van der Waals surface area (Å²) in [6, 6.07) is 6.76. The van der Waals surface area contributed by atoms with Crippen molar-refractivity contribution < 1.29 is 4.39 Å². The fourth-order valence-corrected chi connectivity index (χ4v) is 1.98. The first-order valence-corrected chi connectivity index (χ1v) is 6.03. The second-order valence-electron chi connectivity index (χ2n) is 4.54. The van der Waals surface area contributed by atoms with Crippen LogP contribution in [0.4, 0.5) is 10.1 Å². The number of likely N-dealkylation sites (N-methyl/N-ethyl adjacent to an activating group) is 1. The van der Waals surface area contributed by atoms with Crippen LogP contribution in [0.25, 0.3) is 10.9 Å². The number of halogens is 1. The normalized spacial score (nSPS) is 10.9. The Balaban J connectivity index is 2.55. The number of hydrogen-bond acceptors (Lipinski definition) is 3. The maximum absolute atomic E-state index is 13.3. The first-order chi connectivity index (χ1) is 8.61. The molecule has 1 aromatic heterocycles. The molecule has 2 aromatic rings. The molecule has 0 aliphatic carbocycles. The molecule has 0 amide bonds. The Labute approximate surface area is 107 Å². The number of anilines is 1. The van der Waals surface area contributed by atoms with E-state index in [1.807, 2.05) is 32.1 Å². The molecular formula is C14H18FN3. The van der Waals surface area contributed by atoms with E-state index in [1.54, 1.807) is 12.1 Å². The molecule has 0 fully saturated rings. The Kier molecular flexibility index (Phi) is 3.77. The molecule has 0 aliphatic rings. The van der Waals surface area contributed by atoms with Gasteiger partial charge >= 0.3 is 0 Å². The van der Waals surface area contributed by atoms with Crippen molar-refractivity contribution in [1.82, 2.24) is 10.3 Å². The third-order valence-corrected chi connectivity index (χ3v) is 2.91. The minimum absolute atomic E-state index is 0.227. The highest BCUT2D eigenvalue weighted by Crippen LogP contribution is 2.26. The second kappa shape index (κ2) is 5.31. The van der Waals surface area contributed by atoms with E-state index >= 15 is 0 Å². The molecule has 0 aliphatic heterocycles. The molecule has 0 bridgehead atoms. The SMILES string of the molecule is CNCCc1cc(N(C)C)c2cc(F)ccc2n1. The zero-order valence-electron chi connectivity index (χ0n) is 11.0. The molecule has 96 valence electrons. The largest absolute Gasteiger partial charge is 0.377 e. The van der Waals surface area contributed by atoms with Crippen molar-refractivity contribution in [1.29, 1.82) is 0 Å². The van der Waals surface area contributed by atoms with Gasteiger partial charge in [0.25, 0.3) is 0 Å². The lowest BCUT2D eigenvalue weighted by Crippen LogP contribution is -2.14. The third kappa shape index (κ3) is 2.59. The number of fused-ring (bicyclic) bond motifs is 1. The first-order valence-electron chi connectivity index (χ1n) is 6.03. The van der Waals surface area contributed by atoms with Gasteiger partial charge in [-0.2, -0.15) is 0 Å². The van der Waals surface area contributed by atoms with Gasteiger partial charge in [-0.3, -0.25) is 4.98 Å². The minimum Gasteiger partial charge on any atom is -0.377 e. The monoisotopic (exact) mass is 247 g/mol. The molecule has 1 heterocycles. The first kappa shape index (κ1) is 12.8. The summed E-state index contributed by atoms with van der Waals surface area (Å²) in [4.78, 5) is 6.56. The van der Waals surface area contributed by atoms with Crippen molar-refractivity contribution in [2.24, 2.45) is 0 Å². The van der Waals surface area contributed by atoms with Gasteiger partial charge in [-0.25, -0.2) is 4.39 Å². The molecule has 0 unspecified atom stereocenters. The van der Waals surface area contributed by atoms with Gasteiger partial charge in [-0.05, 0) is 31.3 Å². The summed E-state index contributed by atoms with van der Waals surface area (Å²) in [7, 11) is 5.84. The number of benzene rings is 1. The molecular weight excluding hydrogens is 229 g/mol. The van der Waals surface area contributed by atoms with Crippen LogP contribution in [0.5, 0.6) is 0 Å². The molecule has 0 atom stereocenters. The van der Waals surface area contributed by atoms with E-state index in [2.05, 4.69) is 10.3 Å². The number of nitrogens with zero attached hydrogens (tertiary/aromatic N) is 2. The van der Waals surface area contributed by atoms with Crippen LogP contribution < -0.4 is 10.2 Å². The van der Waals surface area contributed by atoms with Gasteiger partial charge < -0.3 is 10.2 Å². The Hall–Kier alpha value is -1.68. The summed E-state index contributed by atoms with van der Waals surface area (Å²) in [6.45, 7) is 0.882. The summed E-state index contributed by atoms with van der Waals surface area (Å²) < 4.78 is 13.3. The van der Waals surface area contributed by atoms with E-state index in [9.17, 15) is 4.39 Å². The van der Waals surface area contributed by atoms with E-state index in [1.165, 1.54) is 6.07 Å². The number of aromatic nitrogens is 1. The molecule has 0 saturated heterocycles. The number of pyridine rings is 1. The van der Waals surface area contributed by atoms with Crippen molar-refractivity contribution in [3.63, 3.8) is 0 Å². The lowest BCUT2D eigenvalue weighted by Gasteiger charge is -2.17. The predicted molar refractivity (Wildman–Crippen MR) is 73.7 cm³/mol. The highest BCUT2D eigenvalue weighted by atomic mass is 19.1. The Morgan fingerprint density at radius 1 is 1.28 bits per heavy atom. The summed E-state index contributed by atoms with van der Waals surface area (Å²) in [5.41, 5.74) is 2.87. The van der Waals surface area contributed by atoms with E-state index in [0.29, 0.717) is 0 Å². The van der Waals surface area contributed by atoms with Crippen molar-refractivity contribution in [3.8, 4) is 0 Å². The fraction of sp³-hybridized carbons (Fsp3) is 0.357. The van der Waals surface area contributed by atoms with Gasteiger partial charge in [0.2, 0.25) is 0 Å². The summed E-state index contributed by atoms with van der Waals surface area (Å²) >= 11 is 0. The molecule has 0 radical (unpaired) electrons. The van der Waals surface area contributed by atoms with Crippen LogP contribution in [-0.2, 0) is 6.42 Å². The van der Waals surface area contributed by atoms with Crippen LogP contribution >= 0.6 is 0 Å². The van der Waals surface area contributed by atoms with E-state index in [-0.39, 0.29) is 5.82 Å². The molecule has 2 rings (SSSR count). The summed E-state index contributed by atoms with van der Waals surface area (Å²) in [6.07, 6.45) is 0.866. The van der Waals surface area contributed by atoms with Gasteiger partial charge in [-0.1, -0.05) is 0 Å². The average Bonchev–Trinajstić information content (AvgIpc) is 2.35. The molecule has 18 heavy (non-hydrogen) atoms. The predicted octanol–water partition coefficient (Wildman–Crippen LogP) is 2.20. The maximum Gasteiger partial charge on any atom is 0.124 e. The van der Waals surface area contributed by atoms with E-state index in [4.69, 9.17) is 0 Å². The third-order valence-electron chi connectivity index (χ3n) is 2.91. The molecule has 0 spiro atoms. The molecule has 3 nitrogen and oxygen atoms in total. The smallest absolute Gasteiger partial charge is 0.124 e. The van der Waals surface area contributed by atoms with Crippen LogP contribution in [0.2, 0.25) is 0 Å². The van der Waals surface area contributed by atoms with Crippen LogP contribution in [0.1, 0.15) is 5.69 Å². The summed E-state index contributed by atoms with van der Waals surface area (Å²) in [5.74, 6) is -0.227. The Bertz CT molecular complexity index is 552. The highest BCUT2D eigenvalue weighted by molar-refractivity contribution is 5.91. The van der Waals surface area contributed by atoms with Gasteiger partial charge in [-0.15, -0.1) is 0 Å². The lowest BCUT2D eigenvalue weighted by atomic mass is 10.1. The van der Waals surface area contributed by atoms with Crippen LogP contribution in [0.3, 0.4) is 0 Å². The quantitative estimate of drug-likeness (QED) is 0.897. The van der Waals surface area contributed by atoms with Crippen LogP contribution in [-0.4, -0.2) is 32.7 Å². The average molecular weight is 247 g/mol. The van der Waals surface area contributed by atoms with Crippen molar-refractivity contribution in [3.05, 3.63) is 35.8 Å². The zero-order chi connectivity index (χ0) is 13.1. The standard InChI is InChI=1S/C14H18FN3/c1-16-7-6-11-9-14(18(2)3)12-8-10(15)4-5-13(12)17-11/h4-5,8-9,16H,6-7H2,1-3H3. The minimum atomic E-state index is -0.227.